The largest absolute Gasteiger partial charge is 0.489 e. The number of hydrogen-bond donors (Lipinski definition) is 2. The highest BCUT2D eigenvalue weighted by Crippen LogP contribution is 2.25. The van der Waals surface area contributed by atoms with Gasteiger partial charge < -0.3 is 10.1 Å². The zero-order chi connectivity index (χ0) is 20.0. The Morgan fingerprint density at radius 1 is 1.04 bits per heavy atom. The lowest BCUT2D eigenvalue weighted by Crippen LogP contribution is -2.30. The van der Waals surface area contributed by atoms with E-state index in [4.69, 9.17) is 4.74 Å². The number of amides is 1. The maximum atomic E-state index is 12.5. The lowest BCUT2D eigenvalue weighted by atomic mass is 10.2. The Kier molecular flexibility index (Phi) is 6.85. The molecular formula is C20H26N2O4S. The van der Waals surface area contributed by atoms with E-state index in [1.807, 2.05) is 39.0 Å². The van der Waals surface area contributed by atoms with Crippen LogP contribution in [0.25, 0.3) is 0 Å². The van der Waals surface area contributed by atoms with Crippen LogP contribution in [-0.2, 0) is 14.8 Å². The van der Waals surface area contributed by atoms with Gasteiger partial charge in [0, 0.05) is 5.69 Å². The van der Waals surface area contributed by atoms with Gasteiger partial charge in [-0.2, -0.15) is 0 Å². The van der Waals surface area contributed by atoms with Crippen molar-refractivity contribution < 1.29 is 17.9 Å². The highest BCUT2D eigenvalue weighted by atomic mass is 32.2. The number of hydrogen-bond acceptors (Lipinski definition) is 4. The molecule has 0 aromatic heterocycles. The van der Waals surface area contributed by atoms with Crippen LogP contribution >= 0.6 is 0 Å². The molecule has 0 spiro atoms. The van der Waals surface area contributed by atoms with Crippen molar-refractivity contribution in [2.75, 3.05) is 15.8 Å². The number of nitrogens with one attached hydrogen (secondary N) is 2. The van der Waals surface area contributed by atoms with Gasteiger partial charge in [0.1, 0.15) is 5.75 Å². The van der Waals surface area contributed by atoms with Crippen LogP contribution in [0, 0.1) is 12.8 Å². The minimum absolute atomic E-state index is 0.0421. The van der Waals surface area contributed by atoms with Gasteiger partial charge in [-0.15, -0.1) is 0 Å². The third-order valence-corrected chi connectivity index (χ3v) is 5.24. The number of sulfonamides is 1. The third kappa shape index (κ3) is 6.60. The standard InChI is InChI=1S/C20H26N2O4S/c1-14(2)26-19-8-6-5-7-18(19)21-20(23)16(4)13-27(24,25)22-17-11-9-15(3)10-12-17/h5-12,14,16,22H,13H2,1-4H3,(H,21,23). The molecule has 1 amide bonds. The molecule has 1 unspecified atom stereocenters. The first-order chi connectivity index (χ1) is 12.7. The summed E-state index contributed by atoms with van der Waals surface area (Å²) in [5.41, 5.74) is 2.03. The number of anilines is 2. The van der Waals surface area contributed by atoms with E-state index in [2.05, 4.69) is 10.0 Å². The molecule has 0 aliphatic heterocycles. The number of benzene rings is 2. The molecule has 0 radical (unpaired) electrons. The summed E-state index contributed by atoms with van der Waals surface area (Å²) in [5, 5.41) is 2.75. The number of aryl methyl sites for hydroxylation is 1. The van der Waals surface area contributed by atoms with Crippen molar-refractivity contribution in [1.29, 1.82) is 0 Å². The Morgan fingerprint density at radius 2 is 1.67 bits per heavy atom. The molecule has 2 aromatic carbocycles. The normalized spacial score (nSPS) is 12.5. The molecule has 0 heterocycles. The average molecular weight is 391 g/mol. The monoisotopic (exact) mass is 390 g/mol. The Hall–Kier alpha value is -2.54. The lowest BCUT2D eigenvalue weighted by molar-refractivity contribution is -0.118. The summed E-state index contributed by atoms with van der Waals surface area (Å²) < 4.78 is 32.9. The smallest absolute Gasteiger partial charge is 0.233 e. The zero-order valence-corrected chi connectivity index (χ0v) is 16.8. The van der Waals surface area contributed by atoms with Crippen LogP contribution < -0.4 is 14.8 Å². The van der Waals surface area contributed by atoms with E-state index in [9.17, 15) is 13.2 Å². The predicted molar refractivity (Wildman–Crippen MR) is 109 cm³/mol. The highest BCUT2D eigenvalue weighted by molar-refractivity contribution is 7.92. The minimum Gasteiger partial charge on any atom is -0.489 e. The van der Waals surface area contributed by atoms with Gasteiger partial charge in [0.05, 0.1) is 23.5 Å². The van der Waals surface area contributed by atoms with Gasteiger partial charge in [-0.05, 0) is 45.0 Å². The lowest BCUT2D eigenvalue weighted by Gasteiger charge is -2.17. The van der Waals surface area contributed by atoms with Gasteiger partial charge in [0.15, 0.2) is 0 Å². The van der Waals surface area contributed by atoms with Crippen molar-refractivity contribution in [2.45, 2.75) is 33.8 Å². The quantitative estimate of drug-likeness (QED) is 0.718. The summed E-state index contributed by atoms with van der Waals surface area (Å²) in [6.07, 6.45) is -0.0421. The van der Waals surface area contributed by atoms with E-state index < -0.39 is 15.9 Å². The Labute approximate surface area is 161 Å². The summed E-state index contributed by atoms with van der Waals surface area (Å²) >= 11 is 0. The summed E-state index contributed by atoms with van der Waals surface area (Å²) in [6, 6.07) is 14.1. The first-order valence-corrected chi connectivity index (χ1v) is 10.5. The maximum Gasteiger partial charge on any atom is 0.233 e. The molecule has 6 nitrogen and oxygen atoms in total. The molecule has 27 heavy (non-hydrogen) atoms. The van der Waals surface area contributed by atoms with Crippen LogP contribution in [0.4, 0.5) is 11.4 Å². The van der Waals surface area contributed by atoms with Gasteiger partial charge in [-0.3, -0.25) is 9.52 Å². The molecule has 146 valence electrons. The molecule has 0 bridgehead atoms. The molecule has 2 aromatic rings. The van der Waals surface area contributed by atoms with E-state index in [0.29, 0.717) is 17.1 Å². The highest BCUT2D eigenvalue weighted by Gasteiger charge is 2.22. The fraction of sp³-hybridized carbons (Fsp3) is 0.350. The van der Waals surface area contributed by atoms with E-state index in [0.717, 1.165) is 5.56 Å². The average Bonchev–Trinajstić information content (AvgIpc) is 2.57. The Bertz CT molecular complexity index is 877. The van der Waals surface area contributed by atoms with Gasteiger partial charge in [-0.1, -0.05) is 36.8 Å². The van der Waals surface area contributed by atoms with Gasteiger partial charge >= 0.3 is 0 Å². The van der Waals surface area contributed by atoms with Crippen molar-refractivity contribution >= 4 is 27.3 Å². The minimum atomic E-state index is -3.66. The fourth-order valence-corrected chi connectivity index (χ4v) is 3.82. The zero-order valence-electron chi connectivity index (χ0n) is 16.0. The second-order valence-corrected chi connectivity index (χ2v) is 8.57. The molecule has 0 fully saturated rings. The molecular weight excluding hydrogens is 364 g/mol. The van der Waals surface area contributed by atoms with Crippen LogP contribution in [0.2, 0.25) is 0 Å². The molecule has 7 heteroatoms. The Morgan fingerprint density at radius 3 is 2.30 bits per heavy atom. The number of rotatable bonds is 8. The van der Waals surface area contributed by atoms with Gasteiger partial charge in [0.25, 0.3) is 0 Å². The predicted octanol–water partition coefficient (Wildman–Crippen LogP) is 3.80. The summed E-state index contributed by atoms with van der Waals surface area (Å²) in [4.78, 5) is 12.5. The topological polar surface area (TPSA) is 84.5 Å². The third-order valence-electron chi connectivity index (χ3n) is 3.75. The second kappa shape index (κ2) is 8.90. The second-order valence-electron chi connectivity index (χ2n) is 6.80. The number of carbonyl (C=O) groups excluding carboxylic acids is 1. The maximum absolute atomic E-state index is 12.5. The molecule has 2 N–H and O–H groups in total. The number of para-hydroxylation sites is 2. The molecule has 0 saturated heterocycles. The summed E-state index contributed by atoms with van der Waals surface area (Å²) in [6.45, 7) is 7.29. The van der Waals surface area contributed by atoms with Crippen LogP contribution in [-0.4, -0.2) is 26.2 Å². The number of carbonyl (C=O) groups is 1. The van der Waals surface area contributed by atoms with E-state index >= 15 is 0 Å². The van der Waals surface area contributed by atoms with Crippen LogP contribution in [0.5, 0.6) is 5.75 Å². The molecule has 1 atom stereocenters. The van der Waals surface area contributed by atoms with Gasteiger partial charge in [-0.25, -0.2) is 8.42 Å². The van der Waals surface area contributed by atoms with Crippen LogP contribution in [0.15, 0.2) is 48.5 Å². The molecule has 2 rings (SSSR count). The van der Waals surface area contributed by atoms with E-state index in [-0.39, 0.29) is 17.8 Å². The summed E-state index contributed by atoms with van der Waals surface area (Å²) in [7, 11) is -3.66. The molecule has 0 aliphatic carbocycles. The van der Waals surface area contributed by atoms with E-state index in [1.54, 1.807) is 37.3 Å². The van der Waals surface area contributed by atoms with Crippen LogP contribution in [0.1, 0.15) is 26.3 Å². The molecule has 0 saturated carbocycles. The molecule has 0 aliphatic rings. The van der Waals surface area contributed by atoms with Crippen molar-refractivity contribution in [3.05, 3.63) is 54.1 Å². The van der Waals surface area contributed by atoms with Crippen molar-refractivity contribution in [1.82, 2.24) is 0 Å². The Balaban J connectivity index is 2.02. The number of ether oxygens (including phenoxy) is 1. The SMILES string of the molecule is Cc1ccc(NS(=O)(=O)CC(C)C(=O)Nc2ccccc2OC(C)C)cc1. The first-order valence-electron chi connectivity index (χ1n) is 8.80. The van der Waals surface area contributed by atoms with Crippen molar-refractivity contribution in [2.24, 2.45) is 5.92 Å². The first kappa shape index (κ1) is 20.8. The van der Waals surface area contributed by atoms with Crippen molar-refractivity contribution in [3.8, 4) is 5.75 Å². The van der Waals surface area contributed by atoms with Gasteiger partial charge in [0.2, 0.25) is 15.9 Å². The van der Waals surface area contributed by atoms with Crippen LogP contribution in [0.3, 0.4) is 0 Å². The fourth-order valence-electron chi connectivity index (χ4n) is 2.43. The summed E-state index contributed by atoms with van der Waals surface area (Å²) in [5.74, 6) is -0.891. The van der Waals surface area contributed by atoms with Crippen molar-refractivity contribution in [3.63, 3.8) is 0 Å². The van der Waals surface area contributed by atoms with E-state index in [1.165, 1.54) is 0 Å².